The van der Waals surface area contributed by atoms with Gasteiger partial charge in [0.05, 0.1) is 0 Å². The monoisotopic (exact) mass is 443 g/mol. The third-order valence-corrected chi connectivity index (χ3v) is 5.62. The van der Waals surface area contributed by atoms with E-state index in [-0.39, 0.29) is 18.3 Å². The Balaban J connectivity index is 1.30. The summed E-state index contributed by atoms with van der Waals surface area (Å²) in [6, 6.07) is 9.83. The number of nitrogens with one attached hydrogen (secondary N) is 1. The Morgan fingerprint density at radius 2 is 1.81 bits per heavy atom. The molecule has 32 heavy (non-hydrogen) atoms. The third-order valence-electron chi connectivity index (χ3n) is 5.62. The summed E-state index contributed by atoms with van der Waals surface area (Å²) in [5.74, 6) is 0.560. The lowest BCUT2D eigenvalue weighted by Crippen LogP contribution is -2.31. The van der Waals surface area contributed by atoms with Crippen molar-refractivity contribution < 1.29 is 13.9 Å². The first-order valence-electron chi connectivity index (χ1n) is 11.5. The molecule has 7 nitrogen and oxygen atoms in total. The fourth-order valence-corrected chi connectivity index (χ4v) is 3.78. The van der Waals surface area contributed by atoms with Gasteiger partial charge in [-0.15, -0.1) is 10.2 Å². The number of anilines is 1. The van der Waals surface area contributed by atoms with Gasteiger partial charge in [0, 0.05) is 26.2 Å². The largest absolute Gasteiger partial charge is 0.466 e. The van der Waals surface area contributed by atoms with Crippen molar-refractivity contribution in [2.45, 2.75) is 45.1 Å². The van der Waals surface area contributed by atoms with Crippen LogP contribution in [0.5, 0.6) is 5.88 Å². The van der Waals surface area contributed by atoms with Gasteiger partial charge in [0.2, 0.25) is 5.88 Å². The third kappa shape index (κ3) is 8.42. The second-order valence-electron chi connectivity index (χ2n) is 8.31. The highest BCUT2D eigenvalue weighted by Crippen LogP contribution is 2.15. The summed E-state index contributed by atoms with van der Waals surface area (Å²) in [6.07, 6.45) is 7.39. The number of likely N-dealkylation sites (tertiary alicyclic amines) is 1. The number of ether oxygens (including phenoxy) is 1. The van der Waals surface area contributed by atoms with Gasteiger partial charge in [-0.1, -0.05) is 25.0 Å². The number of halogens is 1. The number of rotatable bonds is 11. The topological polar surface area (TPSA) is 70.6 Å². The summed E-state index contributed by atoms with van der Waals surface area (Å²) >= 11 is 0. The zero-order valence-corrected chi connectivity index (χ0v) is 18.9. The standard InChI is InChI=1S/C24H34FN5O2/c1-29(18-20-8-10-21(25)11-9-20)22-12-13-24(28-27-22)32-19-23(31)26-14-4-7-17-30-15-5-2-3-6-16-30/h8-13H,2-7,14-19H2,1H3,(H,26,31). The molecule has 1 N–H and O–H groups in total. The van der Waals surface area contributed by atoms with Gasteiger partial charge in [0.15, 0.2) is 12.4 Å². The van der Waals surface area contributed by atoms with Crippen LogP contribution in [0.15, 0.2) is 36.4 Å². The molecule has 0 radical (unpaired) electrons. The van der Waals surface area contributed by atoms with E-state index in [1.54, 1.807) is 24.3 Å². The van der Waals surface area contributed by atoms with Gasteiger partial charge in [0.25, 0.3) is 5.91 Å². The average Bonchev–Trinajstić information content (AvgIpc) is 3.08. The number of unbranched alkanes of at least 4 members (excludes halogenated alkanes) is 1. The number of hydrogen-bond acceptors (Lipinski definition) is 6. The molecule has 0 spiro atoms. The number of benzene rings is 1. The maximum absolute atomic E-state index is 13.0. The van der Waals surface area contributed by atoms with Crippen LogP contribution in [-0.4, -0.2) is 60.8 Å². The van der Waals surface area contributed by atoms with Crippen LogP contribution < -0.4 is 15.0 Å². The van der Waals surface area contributed by atoms with E-state index in [1.165, 1.54) is 50.9 Å². The summed E-state index contributed by atoms with van der Waals surface area (Å²) < 4.78 is 18.5. The molecule has 0 atom stereocenters. The van der Waals surface area contributed by atoms with E-state index in [2.05, 4.69) is 20.4 Å². The molecule has 2 heterocycles. The van der Waals surface area contributed by atoms with Crippen LogP contribution in [0.1, 0.15) is 44.1 Å². The predicted octanol–water partition coefficient (Wildman–Crippen LogP) is 3.40. The molecule has 1 amide bonds. The van der Waals surface area contributed by atoms with Crippen molar-refractivity contribution >= 4 is 11.7 Å². The smallest absolute Gasteiger partial charge is 0.258 e. The van der Waals surface area contributed by atoms with Gasteiger partial charge in [-0.05, 0) is 69.1 Å². The van der Waals surface area contributed by atoms with Gasteiger partial charge in [0.1, 0.15) is 5.82 Å². The summed E-state index contributed by atoms with van der Waals surface area (Å²) in [5, 5.41) is 11.1. The highest BCUT2D eigenvalue weighted by atomic mass is 19.1. The molecule has 2 aromatic rings. The lowest BCUT2D eigenvalue weighted by atomic mass is 10.2. The molecule has 0 bridgehead atoms. The van der Waals surface area contributed by atoms with Crippen molar-refractivity contribution in [1.29, 1.82) is 0 Å². The first-order chi connectivity index (χ1) is 15.6. The fraction of sp³-hybridized carbons (Fsp3) is 0.542. The molecule has 1 fully saturated rings. The fourth-order valence-electron chi connectivity index (χ4n) is 3.78. The normalized spacial score (nSPS) is 14.6. The van der Waals surface area contributed by atoms with Gasteiger partial charge in [-0.25, -0.2) is 4.39 Å². The van der Waals surface area contributed by atoms with Crippen LogP contribution in [0.25, 0.3) is 0 Å². The number of carbonyl (C=O) groups excluding carboxylic acids is 1. The molecule has 1 saturated heterocycles. The first kappa shape index (κ1) is 23.9. The molecule has 1 aromatic carbocycles. The molecule has 0 saturated carbocycles. The molecular formula is C24H34FN5O2. The first-order valence-corrected chi connectivity index (χ1v) is 11.5. The minimum absolute atomic E-state index is 0.0778. The zero-order chi connectivity index (χ0) is 22.6. The number of carbonyl (C=O) groups is 1. The van der Waals surface area contributed by atoms with Gasteiger partial charge >= 0.3 is 0 Å². The maximum atomic E-state index is 13.0. The zero-order valence-electron chi connectivity index (χ0n) is 18.9. The van der Waals surface area contributed by atoms with Crippen molar-refractivity contribution in [3.8, 4) is 5.88 Å². The number of aromatic nitrogens is 2. The minimum Gasteiger partial charge on any atom is -0.466 e. The second-order valence-corrected chi connectivity index (χ2v) is 8.31. The van der Waals surface area contributed by atoms with E-state index in [0.29, 0.717) is 24.8 Å². The quantitative estimate of drug-likeness (QED) is 0.537. The number of nitrogens with zero attached hydrogens (tertiary/aromatic N) is 4. The van der Waals surface area contributed by atoms with Gasteiger partial charge in [-0.3, -0.25) is 4.79 Å². The van der Waals surface area contributed by atoms with Crippen LogP contribution in [0.3, 0.4) is 0 Å². The molecule has 1 aromatic heterocycles. The highest BCUT2D eigenvalue weighted by Gasteiger charge is 2.09. The van der Waals surface area contributed by atoms with Crippen LogP contribution in [0.2, 0.25) is 0 Å². The molecule has 1 aliphatic heterocycles. The lowest BCUT2D eigenvalue weighted by Gasteiger charge is -2.19. The Kier molecular flexibility index (Phi) is 9.68. The lowest BCUT2D eigenvalue weighted by molar-refractivity contribution is -0.123. The molecule has 1 aliphatic rings. The van der Waals surface area contributed by atoms with Crippen molar-refractivity contribution in [2.75, 3.05) is 44.7 Å². The van der Waals surface area contributed by atoms with E-state index >= 15 is 0 Å². The minimum atomic E-state index is -0.255. The van der Waals surface area contributed by atoms with Crippen LogP contribution in [0.4, 0.5) is 10.2 Å². The maximum Gasteiger partial charge on any atom is 0.258 e. The molecule has 0 aliphatic carbocycles. The van der Waals surface area contributed by atoms with E-state index in [4.69, 9.17) is 4.74 Å². The summed E-state index contributed by atoms with van der Waals surface area (Å²) in [5.41, 5.74) is 0.971. The predicted molar refractivity (Wildman–Crippen MR) is 123 cm³/mol. The van der Waals surface area contributed by atoms with Crippen LogP contribution >= 0.6 is 0 Å². The second kappa shape index (κ2) is 13.0. The Bertz CT molecular complexity index is 808. The summed E-state index contributed by atoms with van der Waals surface area (Å²) in [6.45, 7) is 4.70. The van der Waals surface area contributed by atoms with Crippen LogP contribution in [-0.2, 0) is 11.3 Å². The van der Waals surface area contributed by atoms with Crippen molar-refractivity contribution in [2.24, 2.45) is 0 Å². The highest BCUT2D eigenvalue weighted by molar-refractivity contribution is 5.77. The van der Waals surface area contributed by atoms with Crippen molar-refractivity contribution in [1.82, 2.24) is 20.4 Å². The Morgan fingerprint density at radius 3 is 2.50 bits per heavy atom. The van der Waals surface area contributed by atoms with Gasteiger partial charge < -0.3 is 19.9 Å². The van der Waals surface area contributed by atoms with Crippen LogP contribution in [0, 0.1) is 5.82 Å². The Labute approximate surface area is 190 Å². The summed E-state index contributed by atoms with van der Waals surface area (Å²) in [4.78, 5) is 16.4. The summed E-state index contributed by atoms with van der Waals surface area (Å²) in [7, 11) is 1.88. The van der Waals surface area contributed by atoms with E-state index in [0.717, 1.165) is 24.9 Å². The number of hydrogen-bond donors (Lipinski definition) is 1. The molecule has 0 unspecified atom stereocenters. The molecule has 8 heteroatoms. The Hall–Kier alpha value is -2.74. The Morgan fingerprint density at radius 1 is 1.06 bits per heavy atom. The average molecular weight is 444 g/mol. The van der Waals surface area contributed by atoms with E-state index in [1.807, 2.05) is 11.9 Å². The molecule has 3 rings (SSSR count). The molecular weight excluding hydrogens is 409 g/mol. The SMILES string of the molecule is CN(Cc1ccc(F)cc1)c1ccc(OCC(=O)NCCCCN2CCCCCC2)nn1. The van der Waals surface area contributed by atoms with E-state index < -0.39 is 0 Å². The van der Waals surface area contributed by atoms with Crippen molar-refractivity contribution in [3.63, 3.8) is 0 Å². The number of amides is 1. The molecule has 174 valence electrons. The van der Waals surface area contributed by atoms with Gasteiger partial charge in [-0.2, -0.15) is 0 Å². The van der Waals surface area contributed by atoms with Crippen molar-refractivity contribution in [3.05, 3.63) is 47.8 Å². The van der Waals surface area contributed by atoms with E-state index in [9.17, 15) is 9.18 Å².